The summed E-state index contributed by atoms with van der Waals surface area (Å²) in [5.74, 6) is 0.419. The number of para-hydroxylation sites is 1. The number of methoxy groups -OCH3 is 1. The molecule has 0 saturated carbocycles. The molecule has 7 heteroatoms. The molecule has 5 rings (SSSR count). The molecule has 1 aromatic heterocycles. The van der Waals surface area contributed by atoms with E-state index in [9.17, 15) is 9.18 Å². The Morgan fingerprint density at radius 2 is 2.00 bits per heavy atom. The molecular weight excluding hydrogens is 371 g/mol. The largest absolute Gasteiger partial charge is 0.497 e. The molecule has 0 spiro atoms. The number of nitrogens with one attached hydrogen (secondary N) is 1. The number of H-pyrrole nitrogens is 1. The molecule has 1 amide bonds. The van der Waals surface area contributed by atoms with E-state index in [0.29, 0.717) is 12.2 Å². The number of fused-ring (bicyclic) bond motifs is 2. The molecule has 2 aromatic carbocycles. The van der Waals surface area contributed by atoms with E-state index in [1.807, 2.05) is 30.5 Å². The van der Waals surface area contributed by atoms with Gasteiger partial charge in [-0.25, -0.2) is 4.39 Å². The van der Waals surface area contributed by atoms with Gasteiger partial charge in [-0.05, 0) is 42.8 Å². The van der Waals surface area contributed by atoms with Crippen LogP contribution in [0.2, 0.25) is 0 Å². The van der Waals surface area contributed by atoms with Crippen LogP contribution in [0.5, 0.6) is 5.75 Å². The molecule has 2 atom stereocenters. The minimum Gasteiger partial charge on any atom is -0.497 e. The molecule has 3 aromatic rings. The van der Waals surface area contributed by atoms with Crippen LogP contribution < -0.4 is 9.64 Å². The van der Waals surface area contributed by atoms with Crippen molar-refractivity contribution < 1.29 is 13.9 Å². The fourth-order valence-electron chi connectivity index (χ4n) is 4.46. The predicted octanol–water partition coefficient (Wildman–Crippen LogP) is 3.21. The number of amides is 1. The number of piperazine rings is 1. The Morgan fingerprint density at radius 3 is 2.72 bits per heavy atom. The lowest BCUT2D eigenvalue weighted by atomic mass is 10.1. The van der Waals surface area contributed by atoms with Crippen LogP contribution in [-0.2, 0) is 11.3 Å². The number of ether oxygens (including phenoxy) is 1. The third-order valence-corrected chi connectivity index (χ3v) is 5.85. The number of carbonyl (C=O) groups excluding carboxylic acids is 1. The van der Waals surface area contributed by atoms with E-state index in [1.165, 1.54) is 6.07 Å². The fourth-order valence-corrected chi connectivity index (χ4v) is 4.46. The maximum atomic E-state index is 14.2. The summed E-state index contributed by atoms with van der Waals surface area (Å²) in [7, 11) is 1.64. The number of halogens is 1. The van der Waals surface area contributed by atoms with Gasteiger partial charge in [0.05, 0.1) is 36.8 Å². The number of carbonyl (C=O) groups is 1. The second-order valence-corrected chi connectivity index (χ2v) is 7.49. The van der Waals surface area contributed by atoms with Crippen LogP contribution >= 0.6 is 0 Å². The SMILES string of the molecule is COc1ccc(-c2[nH]ncc2CN2C[C@@H]3C[C@H]2C(=O)N3c2ccccc2F)cc1. The molecular formula is C22H21FN4O2. The number of anilines is 1. The summed E-state index contributed by atoms with van der Waals surface area (Å²) < 4.78 is 19.4. The molecule has 6 nitrogen and oxygen atoms in total. The number of likely N-dealkylation sites (tertiary alicyclic amines) is 1. The zero-order valence-electron chi connectivity index (χ0n) is 16.0. The van der Waals surface area contributed by atoms with Crippen molar-refractivity contribution in [2.45, 2.75) is 25.0 Å². The van der Waals surface area contributed by atoms with Crippen LogP contribution in [-0.4, -0.2) is 46.7 Å². The molecule has 2 aliphatic rings. The van der Waals surface area contributed by atoms with Crippen molar-refractivity contribution in [3.05, 3.63) is 66.1 Å². The van der Waals surface area contributed by atoms with E-state index in [4.69, 9.17) is 4.74 Å². The van der Waals surface area contributed by atoms with Crippen molar-refractivity contribution >= 4 is 11.6 Å². The van der Waals surface area contributed by atoms with Gasteiger partial charge in [-0.1, -0.05) is 12.1 Å². The monoisotopic (exact) mass is 392 g/mol. The summed E-state index contributed by atoms with van der Waals surface area (Å²) in [5, 5.41) is 7.28. The summed E-state index contributed by atoms with van der Waals surface area (Å²) >= 11 is 0. The van der Waals surface area contributed by atoms with Gasteiger partial charge < -0.3 is 9.64 Å². The Morgan fingerprint density at radius 1 is 1.21 bits per heavy atom. The number of benzene rings is 2. The van der Waals surface area contributed by atoms with E-state index >= 15 is 0 Å². The Bertz CT molecular complexity index is 1050. The van der Waals surface area contributed by atoms with Crippen LogP contribution in [0.15, 0.2) is 54.7 Å². The third kappa shape index (κ3) is 2.98. The average Bonchev–Trinajstić information content (AvgIpc) is 3.44. The summed E-state index contributed by atoms with van der Waals surface area (Å²) in [6, 6.07) is 14.1. The molecule has 2 aliphatic heterocycles. The molecule has 0 aliphatic carbocycles. The first-order valence-corrected chi connectivity index (χ1v) is 9.64. The van der Waals surface area contributed by atoms with Gasteiger partial charge in [-0.2, -0.15) is 5.10 Å². The normalized spacial score (nSPS) is 21.2. The lowest BCUT2D eigenvalue weighted by Gasteiger charge is -2.34. The smallest absolute Gasteiger partial charge is 0.244 e. The molecule has 148 valence electrons. The quantitative estimate of drug-likeness (QED) is 0.724. The van der Waals surface area contributed by atoms with Crippen molar-refractivity contribution in [2.24, 2.45) is 0 Å². The maximum Gasteiger partial charge on any atom is 0.244 e. The van der Waals surface area contributed by atoms with Gasteiger partial charge in [0, 0.05) is 24.2 Å². The van der Waals surface area contributed by atoms with E-state index in [-0.39, 0.29) is 23.8 Å². The van der Waals surface area contributed by atoms with E-state index < -0.39 is 0 Å². The molecule has 2 bridgehead atoms. The number of nitrogens with zero attached hydrogens (tertiary/aromatic N) is 3. The number of aromatic nitrogens is 2. The summed E-state index contributed by atoms with van der Waals surface area (Å²) in [4.78, 5) is 16.8. The van der Waals surface area contributed by atoms with Crippen LogP contribution in [0.1, 0.15) is 12.0 Å². The van der Waals surface area contributed by atoms with Gasteiger partial charge >= 0.3 is 0 Å². The van der Waals surface area contributed by atoms with Gasteiger partial charge in [0.25, 0.3) is 0 Å². The highest BCUT2D eigenvalue weighted by Gasteiger charge is 2.50. The Labute approximate surface area is 167 Å². The fraction of sp³-hybridized carbons (Fsp3) is 0.273. The molecule has 2 saturated heterocycles. The minimum atomic E-state index is -0.350. The van der Waals surface area contributed by atoms with Gasteiger partial charge in [-0.3, -0.25) is 14.8 Å². The first-order chi connectivity index (χ1) is 14.2. The topological polar surface area (TPSA) is 61.5 Å². The second-order valence-electron chi connectivity index (χ2n) is 7.49. The number of hydrogen-bond acceptors (Lipinski definition) is 4. The van der Waals surface area contributed by atoms with Gasteiger partial charge in [0.1, 0.15) is 11.6 Å². The first kappa shape index (κ1) is 17.9. The van der Waals surface area contributed by atoms with E-state index in [0.717, 1.165) is 35.5 Å². The minimum absolute atomic E-state index is 0.000683. The molecule has 0 unspecified atom stereocenters. The summed E-state index contributed by atoms with van der Waals surface area (Å²) in [6.45, 7) is 1.34. The Hall–Kier alpha value is -3.19. The van der Waals surface area contributed by atoms with Crippen LogP contribution in [0.4, 0.5) is 10.1 Å². The third-order valence-electron chi connectivity index (χ3n) is 5.85. The lowest BCUT2D eigenvalue weighted by Crippen LogP contribution is -2.50. The van der Waals surface area contributed by atoms with Crippen molar-refractivity contribution in [1.82, 2.24) is 15.1 Å². The highest BCUT2D eigenvalue weighted by molar-refractivity contribution is 6.01. The van der Waals surface area contributed by atoms with Crippen molar-refractivity contribution in [3.8, 4) is 17.0 Å². The first-order valence-electron chi connectivity index (χ1n) is 9.64. The highest BCUT2D eigenvalue weighted by atomic mass is 19.1. The Kier molecular flexibility index (Phi) is 4.32. The van der Waals surface area contributed by atoms with E-state index in [1.54, 1.807) is 30.2 Å². The average molecular weight is 392 g/mol. The van der Waals surface area contributed by atoms with Crippen molar-refractivity contribution in [1.29, 1.82) is 0 Å². The predicted molar refractivity (Wildman–Crippen MR) is 107 cm³/mol. The maximum absolute atomic E-state index is 14.2. The van der Waals surface area contributed by atoms with Gasteiger partial charge in [-0.15, -0.1) is 0 Å². The Balaban J connectivity index is 1.35. The number of hydrogen-bond donors (Lipinski definition) is 1. The number of aromatic amines is 1. The molecule has 3 heterocycles. The number of rotatable bonds is 5. The van der Waals surface area contributed by atoms with Gasteiger partial charge in [0.2, 0.25) is 5.91 Å². The molecule has 1 N–H and O–H groups in total. The second kappa shape index (κ2) is 7.00. The summed E-state index contributed by atoms with van der Waals surface area (Å²) in [5.41, 5.74) is 3.37. The van der Waals surface area contributed by atoms with Crippen molar-refractivity contribution in [3.63, 3.8) is 0 Å². The van der Waals surface area contributed by atoms with Crippen molar-refractivity contribution in [2.75, 3.05) is 18.6 Å². The van der Waals surface area contributed by atoms with Crippen LogP contribution in [0.25, 0.3) is 11.3 Å². The zero-order valence-corrected chi connectivity index (χ0v) is 16.0. The van der Waals surface area contributed by atoms with Crippen LogP contribution in [0, 0.1) is 5.82 Å². The standard InChI is InChI=1S/C22H21FN4O2/c1-29-17-8-6-14(7-9-17)21-15(11-24-25-21)12-26-13-16-10-20(26)22(28)27(16)19-5-3-2-4-18(19)23/h2-9,11,16,20H,10,12-13H2,1H3,(H,24,25)/t16-,20-/m0/s1. The molecule has 2 fully saturated rings. The zero-order chi connectivity index (χ0) is 20.0. The summed E-state index contributed by atoms with van der Waals surface area (Å²) in [6.07, 6.45) is 2.54. The van der Waals surface area contributed by atoms with Gasteiger partial charge in [0.15, 0.2) is 0 Å². The van der Waals surface area contributed by atoms with Crippen LogP contribution in [0.3, 0.4) is 0 Å². The lowest BCUT2D eigenvalue weighted by molar-refractivity contribution is -0.122. The molecule has 29 heavy (non-hydrogen) atoms. The molecule has 0 radical (unpaired) electrons. The highest BCUT2D eigenvalue weighted by Crippen LogP contribution is 2.38. The van der Waals surface area contributed by atoms with E-state index in [2.05, 4.69) is 15.1 Å².